The number of anilines is 1. The molecule has 0 saturated heterocycles. The number of sulfonamides is 1. The van der Waals surface area contributed by atoms with Crippen molar-refractivity contribution in [1.29, 1.82) is 0 Å². The third-order valence-corrected chi connectivity index (χ3v) is 4.98. The number of halogens is 1. The van der Waals surface area contributed by atoms with Crippen LogP contribution in [0, 0.1) is 0 Å². The summed E-state index contributed by atoms with van der Waals surface area (Å²) in [6.45, 7) is 0.355. The van der Waals surface area contributed by atoms with Gasteiger partial charge in [0, 0.05) is 16.7 Å². The summed E-state index contributed by atoms with van der Waals surface area (Å²) >= 11 is 3.23. The second-order valence-electron chi connectivity index (χ2n) is 4.32. The number of rotatable bonds is 5. The lowest BCUT2D eigenvalue weighted by molar-refractivity contribution is 0.581. The zero-order valence-electron chi connectivity index (χ0n) is 10.7. The van der Waals surface area contributed by atoms with Gasteiger partial charge in [0.25, 0.3) is 0 Å². The average Bonchev–Trinajstić information content (AvgIpc) is 2.43. The summed E-state index contributed by atoms with van der Waals surface area (Å²) < 4.78 is 27.4. The van der Waals surface area contributed by atoms with Gasteiger partial charge in [0.05, 0.1) is 4.90 Å². The van der Waals surface area contributed by atoms with Crippen LogP contribution in [0.15, 0.2) is 57.9 Å². The van der Waals surface area contributed by atoms with Gasteiger partial charge in [-0.25, -0.2) is 13.1 Å². The SMILES string of the molecule is Nc1ccc(S(=O)(=O)NCCc2ccccc2)cc1Br. The quantitative estimate of drug-likeness (QED) is 0.810. The largest absolute Gasteiger partial charge is 0.398 e. The third kappa shape index (κ3) is 3.82. The second kappa shape index (κ2) is 6.39. The maximum Gasteiger partial charge on any atom is 0.240 e. The van der Waals surface area contributed by atoms with Crippen LogP contribution in [0.3, 0.4) is 0 Å². The fourth-order valence-corrected chi connectivity index (χ4v) is 3.32. The zero-order chi connectivity index (χ0) is 14.6. The highest BCUT2D eigenvalue weighted by atomic mass is 79.9. The first-order chi connectivity index (χ1) is 9.49. The first-order valence-corrected chi connectivity index (χ1v) is 8.35. The van der Waals surface area contributed by atoms with Crippen molar-refractivity contribution in [1.82, 2.24) is 4.72 Å². The average molecular weight is 355 g/mol. The van der Waals surface area contributed by atoms with E-state index in [1.165, 1.54) is 12.1 Å². The van der Waals surface area contributed by atoms with Crippen LogP contribution in [0.5, 0.6) is 0 Å². The van der Waals surface area contributed by atoms with Gasteiger partial charge >= 0.3 is 0 Å². The lowest BCUT2D eigenvalue weighted by Crippen LogP contribution is -2.26. The van der Waals surface area contributed by atoms with Crippen molar-refractivity contribution < 1.29 is 8.42 Å². The van der Waals surface area contributed by atoms with Crippen molar-refractivity contribution in [3.05, 3.63) is 58.6 Å². The molecular weight excluding hydrogens is 340 g/mol. The Balaban J connectivity index is 2.02. The van der Waals surface area contributed by atoms with Crippen molar-refractivity contribution in [3.8, 4) is 0 Å². The molecule has 0 aliphatic carbocycles. The molecule has 6 heteroatoms. The Morgan fingerprint density at radius 3 is 2.45 bits per heavy atom. The number of nitrogens with two attached hydrogens (primary N) is 1. The number of hydrogen-bond acceptors (Lipinski definition) is 3. The number of nitrogens with one attached hydrogen (secondary N) is 1. The van der Waals surface area contributed by atoms with Gasteiger partial charge < -0.3 is 5.73 Å². The Morgan fingerprint density at radius 2 is 1.80 bits per heavy atom. The Kier molecular flexibility index (Phi) is 4.80. The van der Waals surface area contributed by atoms with Gasteiger partial charge in [-0.15, -0.1) is 0 Å². The van der Waals surface area contributed by atoms with E-state index in [2.05, 4.69) is 20.7 Å². The molecule has 0 aromatic heterocycles. The topological polar surface area (TPSA) is 72.2 Å². The van der Waals surface area contributed by atoms with Crippen molar-refractivity contribution >= 4 is 31.6 Å². The van der Waals surface area contributed by atoms with E-state index in [1.807, 2.05) is 30.3 Å². The summed E-state index contributed by atoms with van der Waals surface area (Å²) in [5.74, 6) is 0. The molecule has 0 spiro atoms. The van der Waals surface area contributed by atoms with E-state index >= 15 is 0 Å². The molecule has 0 saturated carbocycles. The van der Waals surface area contributed by atoms with Crippen molar-refractivity contribution in [3.63, 3.8) is 0 Å². The Labute approximate surface area is 127 Å². The molecule has 0 unspecified atom stereocenters. The molecule has 4 nitrogen and oxygen atoms in total. The number of nitrogen functional groups attached to an aromatic ring is 1. The van der Waals surface area contributed by atoms with Crippen LogP contribution in [0.1, 0.15) is 5.56 Å². The predicted molar refractivity (Wildman–Crippen MR) is 83.9 cm³/mol. The fraction of sp³-hybridized carbons (Fsp3) is 0.143. The van der Waals surface area contributed by atoms with Crippen molar-refractivity contribution in [2.24, 2.45) is 0 Å². The van der Waals surface area contributed by atoms with Crippen LogP contribution in [0.2, 0.25) is 0 Å². The van der Waals surface area contributed by atoms with Crippen molar-refractivity contribution in [2.75, 3.05) is 12.3 Å². The lowest BCUT2D eigenvalue weighted by Gasteiger charge is -2.08. The monoisotopic (exact) mass is 354 g/mol. The molecule has 0 fully saturated rings. The molecule has 0 aliphatic rings. The zero-order valence-corrected chi connectivity index (χ0v) is 13.1. The summed E-state index contributed by atoms with van der Waals surface area (Å²) in [7, 11) is -3.51. The van der Waals surface area contributed by atoms with Gasteiger partial charge in [-0.2, -0.15) is 0 Å². The molecule has 3 N–H and O–H groups in total. The molecule has 0 radical (unpaired) electrons. The highest BCUT2D eigenvalue weighted by molar-refractivity contribution is 9.10. The van der Waals surface area contributed by atoms with E-state index < -0.39 is 10.0 Å². The predicted octanol–water partition coefficient (Wildman–Crippen LogP) is 2.55. The van der Waals surface area contributed by atoms with E-state index in [0.717, 1.165) is 5.56 Å². The molecule has 2 aromatic carbocycles. The Bertz CT molecular complexity index is 688. The van der Waals surface area contributed by atoms with E-state index in [-0.39, 0.29) is 4.90 Å². The van der Waals surface area contributed by atoms with Crippen LogP contribution >= 0.6 is 15.9 Å². The summed E-state index contributed by atoms with van der Waals surface area (Å²) in [4.78, 5) is 0.201. The minimum absolute atomic E-state index is 0.201. The van der Waals surface area contributed by atoms with Crippen LogP contribution in [-0.2, 0) is 16.4 Å². The molecule has 0 amide bonds. The van der Waals surface area contributed by atoms with E-state index in [4.69, 9.17) is 5.73 Å². The standard InChI is InChI=1S/C14H15BrN2O2S/c15-13-10-12(6-7-14(13)16)20(18,19)17-9-8-11-4-2-1-3-5-11/h1-7,10,17H,8-9,16H2. The summed E-state index contributed by atoms with van der Waals surface area (Å²) in [6.07, 6.45) is 0.649. The van der Waals surface area contributed by atoms with E-state index in [9.17, 15) is 8.42 Å². The van der Waals surface area contributed by atoms with Crippen LogP contribution in [0.25, 0.3) is 0 Å². The van der Waals surface area contributed by atoms with Gasteiger partial charge in [0.2, 0.25) is 10.0 Å². The van der Waals surface area contributed by atoms with E-state index in [0.29, 0.717) is 23.1 Å². The molecule has 2 aromatic rings. The van der Waals surface area contributed by atoms with Gasteiger partial charge in [0.1, 0.15) is 0 Å². The summed E-state index contributed by atoms with van der Waals surface area (Å²) in [5, 5.41) is 0. The first kappa shape index (κ1) is 15.0. The molecular formula is C14H15BrN2O2S. The third-order valence-electron chi connectivity index (χ3n) is 2.83. The van der Waals surface area contributed by atoms with E-state index in [1.54, 1.807) is 6.07 Å². The molecule has 2 rings (SSSR count). The minimum atomic E-state index is -3.51. The van der Waals surface area contributed by atoms with Gasteiger partial charge in [-0.05, 0) is 46.1 Å². The Hall–Kier alpha value is -1.37. The maximum absolute atomic E-state index is 12.1. The lowest BCUT2D eigenvalue weighted by atomic mass is 10.2. The number of hydrogen-bond donors (Lipinski definition) is 2. The molecule has 0 aliphatic heterocycles. The first-order valence-electron chi connectivity index (χ1n) is 6.08. The molecule has 0 bridgehead atoms. The van der Waals surface area contributed by atoms with Crippen molar-refractivity contribution in [2.45, 2.75) is 11.3 Å². The van der Waals surface area contributed by atoms with Gasteiger partial charge in [-0.1, -0.05) is 30.3 Å². The molecule has 20 heavy (non-hydrogen) atoms. The highest BCUT2D eigenvalue weighted by Gasteiger charge is 2.14. The smallest absolute Gasteiger partial charge is 0.240 e. The molecule has 0 heterocycles. The normalized spacial score (nSPS) is 11.4. The minimum Gasteiger partial charge on any atom is -0.398 e. The van der Waals surface area contributed by atoms with Gasteiger partial charge in [-0.3, -0.25) is 0 Å². The van der Waals surface area contributed by atoms with Crippen LogP contribution < -0.4 is 10.5 Å². The molecule has 0 atom stereocenters. The Morgan fingerprint density at radius 1 is 1.10 bits per heavy atom. The second-order valence-corrected chi connectivity index (χ2v) is 6.94. The highest BCUT2D eigenvalue weighted by Crippen LogP contribution is 2.22. The van der Waals surface area contributed by atoms with Gasteiger partial charge in [0.15, 0.2) is 0 Å². The van der Waals surface area contributed by atoms with Crippen LogP contribution in [0.4, 0.5) is 5.69 Å². The summed E-state index contributed by atoms with van der Waals surface area (Å²) in [6, 6.07) is 14.3. The maximum atomic E-state index is 12.1. The fourth-order valence-electron chi connectivity index (χ4n) is 1.73. The molecule has 106 valence electrons. The number of benzene rings is 2. The summed E-state index contributed by atoms with van der Waals surface area (Å²) in [5.41, 5.74) is 7.25. The van der Waals surface area contributed by atoms with Crippen LogP contribution in [-0.4, -0.2) is 15.0 Å².